The molecular formula is C15H19N3O. The van der Waals surface area contributed by atoms with Gasteiger partial charge in [-0.1, -0.05) is 6.07 Å². The molecular weight excluding hydrogens is 238 g/mol. The SMILES string of the molecule is Cc1nc2cc(CC(=O)N3CCCC3)ccc2n1C. The lowest BCUT2D eigenvalue weighted by Crippen LogP contribution is -2.29. The maximum atomic E-state index is 12.1. The van der Waals surface area contributed by atoms with Crippen molar-refractivity contribution >= 4 is 16.9 Å². The molecule has 1 aromatic carbocycles. The summed E-state index contributed by atoms with van der Waals surface area (Å²) in [6, 6.07) is 6.13. The molecule has 2 heterocycles. The first-order valence-electron chi connectivity index (χ1n) is 6.85. The molecule has 1 aliphatic heterocycles. The van der Waals surface area contributed by atoms with E-state index in [0.29, 0.717) is 6.42 Å². The molecule has 1 saturated heterocycles. The molecule has 0 N–H and O–H groups in total. The minimum absolute atomic E-state index is 0.240. The van der Waals surface area contributed by atoms with E-state index in [2.05, 4.69) is 15.6 Å². The van der Waals surface area contributed by atoms with Gasteiger partial charge < -0.3 is 9.47 Å². The smallest absolute Gasteiger partial charge is 0.226 e. The summed E-state index contributed by atoms with van der Waals surface area (Å²) in [7, 11) is 2.01. The Hall–Kier alpha value is -1.84. The topological polar surface area (TPSA) is 38.1 Å². The third kappa shape index (κ3) is 2.23. The minimum atomic E-state index is 0.240. The molecule has 0 bridgehead atoms. The van der Waals surface area contributed by atoms with Crippen LogP contribution in [0.15, 0.2) is 18.2 Å². The van der Waals surface area contributed by atoms with E-state index in [4.69, 9.17) is 0 Å². The van der Waals surface area contributed by atoms with Crippen molar-refractivity contribution in [3.63, 3.8) is 0 Å². The van der Waals surface area contributed by atoms with Crippen LogP contribution < -0.4 is 0 Å². The summed E-state index contributed by atoms with van der Waals surface area (Å²) < 4.78 is 2.07. The number of hydrogen-bond acceptors (Lipinski definition) is 2. The monoisotopic (exact) mass is 257 g/mol. The van der Waals surface area contributed by atoms with Crippen LogP contribution in [0.25, 0.3) is 11.0 Å². The predicted molar refractivity (Wildman–Crippen MR) is 75.0 cm³/mol. The number of nitrogens with zero attached hydrogens (tertiary/aromatic N) is 3. The Kier molecular flexibility index (Phi) is 3.01. The van der Waals surface area contributed by atoms with E-state index in [9.17, 15) is 4.79 Å². The Balaban J connectivity index is 1.83. The number of aryl methyl sites for hydroxylation is 2. The number of rotatable bonds is 2. The van der Waals surface area contributed by atoms with E-state index >= 15 is 0 Å². The number of benzene rings is 1. The highest BCUT2D eigenvalue weighted by Gasteiger charge is 2.18. The van der Waals surface area contributed by atoms with E-state index in [1.807, 2.05) is 31.0 Å². The maximum absolute atomic E-state index is 12.1. The number of fused-ring (bicyclic) bond motifs is 1. The lowest BCUT2D eigenvalue weighted by Gasteiger charge is -2.14. The zero-order valence-corrected chi connectivity index (χ0v) is 11.5. The van der Waals surface area contributed by atoms with Crippen LogP contribution >= 0.6 is 0 Å². The molecule has 0 aliphatic carbocycles. The van der Waals surface area contributed by atoms with E-state index < -0.39 is 0 Å². The minimum Gasteiger partial charge on any atom is -0.342 e. The lowest BCUT2D eigenvalue weighted by atomic mass is 10.1. The standard InChI is InChI=1S/C15H19N3O/c1-11-16-13-9-12(5-6-14(13)17(11)2)10-15(19)18-7-3-4-8-18/h5-6,9H,3-4,7-8,10H2,1-2H3. The van der Waals surface area contributed by atoms with Gasteiger partial charge >= 0.3 is 0 Å². The molecule has 0 saturated carbocycles. The van der Waals surface area contributed by atoms with Crippen LogP contribution in [0.1, 0.15) is 24.2 Å². The summed E-state index contributed by atoms with van der Waals surface area (Å²) >= 11 is 0. The van der Waals surface area contributed by atoms with Crippen molar-refractivity contribution in [2.24, 2.45) is 7.05 Å². The Bertz CT molecular complexity index is 624. The summed E-state index contributed by atoms with van der Waals surface area (Å²) in [6.45, 7) is 3.84. The van der Waals surface area contributed by atoms with Gasteiger partial charge in [-0.15, -0.1) is 0 Å². The Morgan fingerprint density at radius 2 is 2.05 bits per heavy atom. The van der Waals surface area contributed by atoms with Crippen molar-refractivity contribution in [3.05, 3.63) is 29.6 Å². The average molecular weight is 257 g/mol. The molecule has 0 unspecified atom stereocenters. The third-order valence-corrected chi connectivity index (χ3v) is 3.98. The maximum Gasteiger partial charge on any atom is 0.226 e. The van der Waals surface area contributed by atoms with Gasteiger partial charge in [-0.25, -0.2) is 4.98 Å². The number of likely N-dealkylation sites (tertiary alicyclic amines) is 1. The van der Waals surface area contributed by atoms with E-state index in [1.165, 1.54) is 0 Å². The summed E-state index contributed by atoms with van der Waals surface area (Å²) in [6.07, 6.45) is 2.78. The van der Waals surface area contributed by atoms with Crippen LogP contribution in [0, 0.1) is 6.92 Å². The van der Waals surface area contributed by atoms with Gasteiger partial charge in [0.05, 0.1) is 17.5 Å². The molecule has 0 spiro atoms. The van der Waals surface area contributed by atoms with Crippen molar-refractivity contribution < 1.29 is 4.79 Å². The molecule has 1 aliphatic rings. The molecule has 1 aromatic heterocycles. The summed E-state index contributed by atoms with van der Waals surface area (Å²) in [5.74, 6) is 1.24. The number of imidazole rings is 1. The highest BCUT2D eigenvalue weighted by molar-refractivity contribution is 5.82. The van der Waals surface area contributed by atoms with E-state index in [1.54, 1.807) is 0 Å². The molecule has 0 radical (unpaired) electrons. The number of aromatic nitrogens is 2. The van der Waals surface area contributed by atoms with Crippen LogP contribution in [0.3, 0.4) is 0 Å². The Labute approximate surface area is 113 Å². The number of hydrogen-bond donors (Lipinski definition) is 0. The van der Waals surface area contributed by atoms with Crippen LogP contribution in [0.2, 0.25) is 0 Å². The number of amides is 1. The second-order valence-electron chi connectivity index (χ2n) is 5.31. The fourth-order valence-corrected chi connectivity index (χ4v) is 2.73. The van der Waals surface area contributed by atoms with Crippen molar-refractivity contribution in [1.29, 1.82) is 0 Å². The van der Waals surface area contributed by atoms with Crippen molar-refractivity contribution in [1.82, 2.24) is 14.5 Å². The molecule has 100 valence electrons. The van der Waals surface area contributed by atoms with Gasteiger partial charge in [0, 0.05) is 20.1 Å². The zero-order chi connectivity index (χ0) is 13.4. The van der Waals surface area contributed by atoms with Crippen molar-refractivity contribution in [2.75, 3.05) is 13.1 Å². The molecule has 1 fully saturated rings. The number of carbonyl (C=O) groups is 1. The molecule has 19 heavy (non-hydrogen) atoms. The normalized spacial score (nSPS) is 15.4. The lowest BCUT2D eigenvalue weighted by molar-refractivity contribution is -0.129. The first-order chi connectivity index (χ1) is 9.15. The van der Waals surface area contributed by atoms with Crippen LogP contribution in [-0.4, -0.2) is 33.4 Å². The zero-order valence-electron chi connectivity index (χ0n) is 11.5. The molecule has 3 rings (SSSR count). The Morgan fingerprint density at radius 1 is 1.32 bits per heavy atom. The van der Waals surface area contributed by atoms with Crippen LogP contribution in [-0.2, 0) is 18.3 Å². The molecule has 1 amide bonds. The quantitative estimate of drug-likeness (QED) is 0.826. The second-order valence-corrected chi connectivity index (χ2v) is 5.31. The fourth-order valence-electron chi connectivity index (χ4n) is 2.73. The van der Waals surface area contributed by atoms with Crippen molar-refractivity contribution in [3.8, 4) is 0 Å². The van der Waals surface area contributed by atoms with Gasteiger partial charge in [-0.2, -0.15) is 0 Å². The summed E-state index contributed by atoms with van der Waals surface area (Å²) in [5, 5.41) is 0. The highest BCUT2D eigenvalue weighted by Crippen LogP contribution is 2.18. The van der Waals surface area contributed by atoms with Crippen LogP contribution in [0.4, 0.5) is 0 Å². The Morgan fingerprint density at radius 3 is 2.79 bits per heavy atom. The molecule has 4 nitrogen and oxygen atoms in total. The third-order valence-electron chi connectivity index (χ3n) is 3.98. The first kappa shape index (κ1) is 12.2. The predicted octanol–water partition coefficient (Wildman–Crippen LogP) is 2.05. The van der Waals surface area contributed by atoms with Crippen LogP contribution in [0.5, 0.6) is 0 Å². The van der Waals surface area contributed by atoms with E-state index in [-0.39, 0.29) is 5.91 Å². The van der Waals surface area contributed by atoms with Gasteiger partial charge in [0.2, 0.25) is 5.91 Å². The number of carbonyl (C=O) groups excluding carboxylic acids is 1. The van der Waals surface area contributed by atoms with E-state index in [0.717, 1.165) is 48.4 Å². The fraction of sp³-hybridized carbons (Fsp3) is 0.467. The molecule has 0 atom stereocenters. The molecule has 4 heteroatoms. The van der Waals surface area contributed by atoms with Gasteiger partial charge in [0.25, 0.3) is 0 Å². The first-order valence-corrected chi connectivity index (χ1v) is 6.85. The van der Waals surface area contributed by atoms with Gasteiger partial charge in [-0.05, 0) is 37.5 Å². The molecule has 2 aromatic rings. The summed E-state index contributed by atoms with van der Waals surface area (Å²) in [4.78, 5) is 18.6. The average Bonchev–Trinajstić information content (AvgIpc) is 2.99. The van der Waals surface area contributed by atoms with Crippen molar-refractivity contribution in [2.45, 2.75) is 26.2 Å². The van der Waals surface area contributed by atoms with Gasteiger partial charge in [-0.3, -0.25) is 4.79 Å². The largest absolute Gasteiger partial charge is 0.342 e. The highest BCUT2D eigenvalue weighted by atomic mass is 16.2. The second kappa shape index (κ2) is 4.68. The van der Waals surface area contributed by atoms with Gasteiger partial charge in [0.1, 0.15) is 5.82 Å². The summed E-state index contributed by atoms with van der Waals surface area (Å²) in [5.41, 5.74) is 3.16. The van der Waals surface area contributed by atoms with Gasteiger partial charge in [0.15, 0.2) is 0 Å².